The van der Waals surface area contributed by atoms with E-state index in [0.717, 1.165) is 32.4 Å². The average Bonchev–Trinajstić information content (AvgIpc) is 2.78. The van der Waals surface area contributed by atoms with Gasteiger partial charge >= 0.3 is 5.97 Å². The first-order valence-corrected chi connectivity index (χ1v) is 10.6. The van der Waals surface area contributed by atoms with Gasteiger partial charge in [-0.2, -0.15) is 0 Å². The lowest BCUT2D eigenvalue weighted by Gasteiger charge is -2.32. The second-order valence-corrected chi connectivity index (χ2v) is 8.07. The summed E-state index contributed by atoms with van der Waals surface area (Å²) in [5.74, 6) is 0.959. The molecule has 1 aromatic rings. The molecule has 2 atom stereocenters. The largest absolute Gasteiger partial charge is 0.481 e. The van der Waals surface area contributed by atoms with Gasteiger partial charge in [-0.3, -0.25) is 14.4 Å². The minimum atomic E-state index is -1.06. The summed E-state index contributed by atoms with van der Waals surface area (Å²) in [4.78, 5) is 38.3. The summed E-state index contributed by atoms with van der Waals surface area (Å²) < 4.78 is 0. The monoisotopic (exact) mass is 411 g/mol. The van der Waals surface area contributed by atoms with E-state index in [4.69, 9.17) is 11.5 Å². The lowest BCUT2D eigenvalue weighted by molar-refractivity contribution is -0.137. The predicted molar refractivity (Wildman–Crippen MR) is 113 cm³/mol. The number of nitrogens with zero attached hydrogens (tertiary/aromatic N) is 1. The minimum Gasteiger partial charge on any atom is -0.481 e. The van der Waals surface area contributed by atoms with Gasteiger partial charge in [0.2, 0.25) is 5.91 Å². The van der Waals surface area contributed by atoms with Crippen molar-refractivity contribution in [1.82, 2.24) is 15.5 Å². The molecule has 2 aliphatic rings. The maximum absolute atomic E-state index is 13.1. The van der Waals surface area contributed by atoms with E-state index in [1.165, 1.54) is 5.56 Å². The van der Waals surface area contributed by atoms with Gasteiger partial charge in [0.25, 0.3) is 5.91 Å². The number of carboxylic acid groups (broad SMARTS) is 1. The Kier molecular flexibility index (Phi) is 7.47. The van der Waals surface area contributed by atoms with Gasteiger partial charge in [-0.1, -0.05) is 18.1 Å². The Bertz CT molecular complexity index is 826. The first-order chi connectivity index (χ1) is 14.5. The van der Waals surface area contributed by atoms with E-state index in [1.807, 2.05) is 18.2 Å². The van der Waals surface area contributed by atoms with Crippen molar-refractivity contribution >= 4 is 17.8 Å². The van der Waals surface area contributed by atoms with Gasteiger partial charge in [0.1, 0.15) is 6.04 Å². The molecule has 0 saturated carbocycles. The molecule has 3 N–H and O–H groups in total. The van der Waals surface area contributed by atoms with Crippen LogP contribution in [0.4, 0.5) is 0 Å². The lowest BCUT2D eigenvalue weighted by Crippen LogP contribution is -2.47. The molecule has 1 unspecified atom stereocenters. The highest BCUT2D eigenvalue weighted by atomic mass is 16.4. The molecule has 1 aromatic carbocycles. The summed E-state index contributed by atoms with van der Waals surface area (Å²) in [6.45, 7) is 2.90. The lowest BCUT2D eigenvalue weighted by atomic mass is 9.89. The third-order valence-electron chi connectivity index (χ3n) is 5.92. The Labute approximate surface area is 177 Å². The van der Waals surface area contributed by atoms with Crippen LogP contribution >= 0.6 is 0 Å². The standard InChI is InChI=1S/C23H29N3O4/c1-2-20(14-21(27)28)25-22(29)19-7-4-12-26(15-19)23(30)18-6-3-5-17(13-18)16-8-10-24-11-9-16/h1,3,5-6,13,16,19-20,24H,4,7-12,14-15H2,(H,25,29)(H,27,28)/t19-,20?/m1/s1. The van der Waals surface area contributed by atoms with Crippen LogP contribution in [0, 0.1) is 18.3 Å². The predicted octanol–water partition coefficient (Wildman–Crippen LogP) is 1.60. The average molecular weight is 412 g/mol. The molecular weight excluding hydrogens is 382 g/mol. The maximum Gasteiger partial charge on any atom is 0.306 e. The summed E-state index contributed by atoms with van der Waals surface area (Å²) in [7, 11) is 0. The molecule has 0 spiro atoms. The summed E-state index contributed by atoms with van der Waals surface area (Å²) in [5.41, 5.74) is 1.85. The fourth-order valence-electron chi connectivity index (χ4n) is 4.25. The zero-order valence-electron chi connectivity index (χ0n) is 17.1. The van der Waals surface area contributed by atoms with Crippen LogP contribution in [0.1, 0.15) is 53.9 Å². The SMILES string of the molecule is C#CC(CC(=O)O)NC(=O)[C@@H]1CCCN(C(=O)c2cccc(C3CCNCC3)c2)C1. The third-order valence-corrected chi connectivity index (χ3v) is 5.92. The van der Waals surface area contributed by atoms with Gasteiger partial charge in [-0.15, -0.1) is 6.42 Å². The van der Waals surface area contributed by atoms with Crippen LogP contribution in [0.15, 0.2) is 24.3 Å². The fraction of sp³-hybridized carbons (Fsp3) is 0.522. The Hall–Kier alpha value is -2.85. The number of carbonyl (C=O) groups is 3. The van der Waals surface area contributed by atoms with Crippen molar-refractivity contribution in [2.75, 3.05) is 26.2 Å². The quantitative estimate of drug-likeness (QED) is 0.618. The van der Waals surface area contributed by atoms with Gasteiger partial charge in [0.15, 0.2) is 0 Å². The van der Waals surface area contributed by atoms with Crippen LogP contribution in [0.2, 0.25) is 0 Å². The molecule has 0 radical (unpaired) electrons. The maximum atomic E-state index is 13.1. The molecule has 0 aromatic heterocycles. The van der Waals surface area contributed by atoms with Crippen molar-refractivity contribution in [1.29, 1.82) is 0 Å². The minimum absolute atomic E-state index is 0.0673. The topological polar surface area (TPSA) is 98.7 Å². The Morgan fingerprint density at radius 1 is 1.27 bits per heavy atom. The highest BCUT2D eigenvalue weighted by Crippen LogP contribution is 2.27. The van der Waals surface area contributed by atoms with Gasteiger partial charge in [-0.25, -0.2) is 0 Å². The molecule has 0 aliphatic carbocycles. The molecule has 30 heavy (non-hydrogen) atoms. The number of hydrogen-bond donors (Lipinski definition) is 3. The molecule has 2 saturated heterocycles. The van der Waals surface area contributed by atoms with Crippen LogP contribution in [0.25, 0.3) is 0 Å². The highest BCUT2D eigenvalue weighted by Gasteiger charge is 2.30. The molecule has 160 valence electrons. The fourth-order valence-corrected chi connectivity index (χ4v) is 4.25. The molecule has 2 amide bonds. The Morgan fingerprint density at radius 2 is 2.03 bits per heavy atom. The van der Waals surface area contributed by atoms with Crippen molar-refractivity contribution in [3.8, 4) is 12.3 Å². The Balaban J connectivity index is 1.63. The number of likely N-dealkylation sites (tertiary alicyclic amines) is 1. The summed E-state index contributed by atoms with van der Waals surface area (Å²) in [5, 5.41) is 14.9. The third kappa shape index (κ3) is 5.61. The van der Waals surface area contributed by atoms with Crippen LogP contribution in [0.3, 0.4) is 0 Å². The zero-order chi connectivity index (χ0) is 21.5. The summed E-state index contributed by atoms with van der Waals surface area (Å²) >= 11 is 0. The number of carbonyl (C=O) groups excluding carboxylic acids is 2. The second-order valence-electron chi connectivity index (χ2n) is 8.07. The van der Waals surface area contributed by atoms with Crippen LogP contribution < -0.4 is 10.6 Å². The highest BCUT2D eigenvalue weighted by molar-refractivity contribution is 5.95. The molecule has 2 fully saturated rings. The number of carboxylic acids is 1. The van der Waals surface area contributed by atoms with Gasteiger partial charge in [0, 0.05) is 18.7 Å². The zero-order valence-corrected chi connectivity index (χ0v) is 17.1. The van der Waals surface area contributed by atoms with Crippen LogP contribution in [-0.2, 0) is 9.59 Å². The molecule has 2 heterocycles. The van der Waals surface area contributed by atoms with Crippen molar-refractivity contribution < 1.29 is 19.5 Å². The number of piperidine rings is 2. The first kappa shape index (κ1) is 21.8. The molecule has 7 nitrogen and oxygen atoms in total. The number of terminal acetylenes is 1. The summed E-state index contributed by atoms with van der Waals surface area (Å²) in [6.07, 6.45) is 8.51. The number of rotatable bonds is 6. The second kappa shape index (κ2) is 10.3. The van der Waals surface area contributed by atoms with E-state index >= 15 is 0 Å². The summed E-state index contributed by atoms with van der Waals surface area (Å²) in [6, 6.07) is 6.99. The van der Waals surface area contributed by atoms with E-state index in [0.29, 0.717) is 31.0 Å². The van der Waals surface area contributed by atoms with Crippen LogP contribution in [-0.4, -0.2) is 60.0 Å². The van der Waals surface area contributed by atoms with Crippen molar-refractivity contribution in [2.24, 2.45) is 5.92 Å². The number of hydrogen-bond acceptors (Lipinski definition) is 4. The normalized spacial score (nSPS) is 20.8. The van der Waals surface area contributed by atoms with E-state index in [-0.39, 0.29) is 24.2 Å². The molecule has 7 heteroatoms. The molecular formula is C23H29N3O4. The van der Waals surface area contributed by atoms with Gasteiger partial charge in [0.05, 0.1) is 12.3 Å². The molecule has 0 bridgehead atoms. The number of amides is 2. The van der Waals surface area contributed by atoms with Crippen molar-refractivity contribution in [3.63, 3.8) is 0 Å². The van der Waals surface area contributed by atoms with Crippen LogP contribution in [0.5, 0.6) is 0 Å². The van der Waals surface area contributed by atoms with E-state index in [9.17, 15) is 14.4 Å². The number of nitrogens with one attached hydrogen (secondary N) is 2. The van der Waals surface area contributed by atoms with E-state index in [2.05, 4.69) is 22.6 Å². The van der Waals surface area contributed by atoms with Crippen molar-refractivity contribution in [3.05, 3.63) is 35.4 Å². The van der Waals surface area contributed by atoms with E-state index in [1.54, 1.807) is 4.90 Å². The number of benzene rings is 1. The number of aliphatic carboxylic acids is 1. The molecule has 3 rings (SSSR count). The molecule has 2 aliphatic heterocycles. The smallest absolute Gasteiger partial charge is 0.306 e. The Morgan fingerprint density at radius 3 is 2.73 bits per heavy atom. The van der Waals surface area contributed by atoms with E-state index < -0.39 is 12.0 Å². The first-order valence-electron chi connectivity index (χ1n) is 10.6. The van der Waals surface area contributed by atoms with Gasteiger partial charge < -0.3 is 20.6 Å². The van der Waals surface area contributed by atoms with Crippen molar-refractivity contribution in [2.45, 2.75) is 44.1 Å². The van der Waals surface area contributed by atoms with Gasteiger partial charge in [-0.05, 0) is 62.4 Å².